The quantitative estimate of drug-likeness (QED) is 0.469. The second kappa shape index (κ2) is 5.65. The Morgan fingerprint density at radius 2 is 1.87 bits per heavy atom. The van der Waals surface area contributed by atoms with E-state index in [9.17, 15) is 4.79 Å². The second-order valence-corrected chi connectivity index (χ2v) is 6.33. The van der Waals surface area contributed by atoms with Gasteiger partial charge in [0.2, 0.25) is 0 Å². The zero-order chi connectivity index (χ0) is 15.8. The van der Waals surface area contributed by atoms with Gasteiger partial charge in [0.25, 0.3) is 0 Å². The summed E-state index contributed by atoms with van der Waals surface area (Å²) in [5, 5.41) is 3.95. The molecule has 4 aromatic rings. The van der Waals surface area contributed by atoms with Gasteiger partial charge in [0.05, 0.1) is 11.3 Å². The lowest BCUT2D eigenvalue weighted by Gasteiger charge is -2.00. The first kappa shape index (κ1) is 14.2. The number of benzene rings is 2. The SMILES string of the molecule is O=c1oc2ccc(Cl)cc2cc1-c1nc(-c2ccccc2)cs1. The average molecular weight is 340 g/mol. The van der Waals surface area contributed by atoms with Crippen LogP contribution in [0.3, 0.4) is 0 Å². The maximum Gasteiger partial charge on any atom is 0.346 e. The Morgan fingerprint density at radius 1 is 1.04 bits per heavy atom. The maximum absolute atomic E-state index is 12.2. The van der Waals surface area contributed by atoms with Crippen molar-refractivity contribution in [1.82, 2.24) is 4.98 Å². The fraction of sp³-hybridized carbons (Fsp3) is 0. The standard InChI is InChI=1S/C18H10ClNO2S/c19-13-6-7-16-12(8-13)9-14(18(21)22-16)17-20-15(10-23-17)11-4-2-1-3-5-11/h1-10H. The van der Waals surface area contributed by atoms with Gasteiger partial charge in [0.15, 0.2) is 0 Å². The van der Waals surface area contributed by atoms with Crippen LogP contribution in [0.1, 0.15) is 0 Å². The Bertz CT molecular complexity index is 1050. The molecule has 0 N–H and O–H groups in total. The van der Waals surface area contributed by atoms with Gasteiger partial charge in [0.1, 0.15) is 10.6 Å². The van der Waals surface area contributed by atoms with Crippen LogP contribution in [0.15, 0.2) is 69.2 Å². The number of hydrogen-bond acceptors (Lipinski definition) is 4. The van der Waals surface area contributed by atoms with Crippen LogP contribution in [-0.4, -0.2) is 4.98 Å². The molecular formula is C18H10ClNO2S. The molecule has 3 nitrogen and oxygen atoms in total. The molecule has 0 unspecified atom stereocenters. The fourth-order valence-corrected chi connectivity index (χ4v) is 3.40. The lowest BCUT2D eigenvalue weighted by atomic mass is 10.2. The highest BCUT2D eigenvalue weighted by molar-refractivity contribution is 7.13. The van der Waals surface area contributed by atoms with E-state index in [0.717, 1.165) is 16.6 Å². The van der Waals surface area contributed by atoms with E-state index >= 15 is 0 Å². The zero-order valence-corrected chi connectivity index (χ0v) is 13.4. The van der Waals surface area contributed by atoms with Crippen LogP contribution in [0, 0.1) is 0 Å². The molecule has 23 heavy (non-hydrogen) atoms. The van der Waals surface area contributed by atoms with Gasteiger partial charge in [-0.1, -0.05) is 41.9 Å². The van der Waals surface area contributed by atoms with Gasteiger partial charge >= 0.3 is 5.63 Å². The Kier molecular flexibility index (Phi) is 3.48. The summed E-state index contributed by atoms with van der Waals surface area (Å²) in [6, 6.07) is 16.8. The molecule has 2 heterocycles. The predicted molar refractivity (Wildman–Crippen MR) is 94.0 cm³/mol. The Labute approximate surface area is 140 Å². The van der Waals surface area contributed by atoms with Crippen LogP contribution in [0.2, 0.25) is 5.02 Å². The van der Waals surface area contributed by atoms with E-state index in [-0.39, 0.29) is 0 Å². The molecule has 0 atom stereocenters. The number of hydrogen-bond donors (Lipinski definition) is 0. The number of aromatic nitrogens is 1. The van der Waals surface area contributed by atoms with Gasteiger partial charge in [-0.3, -0.25) is 0 Å². The van der Waals surface area contributed by atoms with Crippen LogP contribution in [-0.2, 0) is 0 Å². The Hall–Kier alpha value is -2.43. The third-order valence-electron chi connectivity index (χ3n) is 3.50. The van der Waals surface area contributed by atoms with Crippen molar-refractivity contribution in [3.05, 3.63) is 75.4 Å². The number of fused-ring (bicyclic) bond motifs is 1. The molecule has 112 valence electrons. The maximum atomic E-state index is 12.2. The van der Waals surface area contributed by atoms with Crippen molar-refractivity contribution in [1.29, 1.82) is 0 Å². The summed E-state index contributed by atoms with van der Waals surface area (Å²) < 4.78 is 5.37. The van der Waals surface area contributed by atoms with Crippen LogP contribution >= 0.6 is 22.9 Å². The minimum atomic E-state index is -0.395. The molecule has 0 bridgehead atoms. The van der Waals surface area contributed by atoms with E-state index in [1.54, 1.807) is 24.3 Å². The average Bonchev–Trinajstić information content (AvgIpc) is 3.05. The van der Waals surface area contributed by atoms with Gasteiger partial charge in [-0.05, 0) is 24.3 Å². The van der Waals surface area contributed by atoms with E-state index in [1.807, 2.05) is 35.7 Å². The highest BCUT2D eigenvalue weighted by Crippen LogP contribution is 2.29. The van der Waals surface area contributed by atoms with Crippen LogP contribution < -0.4 is 5.63 Å². The van der Waals surface area contributed by atoms with E-state index in [1.165, 1.54) is 11.3 Å². The molecule has 2 aromatic carbocycles. The highest BCUT2D eigenvalue weighted by Gasteiger charge is 2.13. The summed E-state index contributed by atoms with van der Waals surface area (Å²) in [6.45, 7) is 0. The summed E-state index contributed by atoms with van der Waals surface area (Å²) in [5.74, 6) is 0. The topological polar surface area (TPSA) is 43.1 Å². The number of nitrogens with zero attached hydrogens (tertiary/aromatic N) is 1. The van der Waals surface area contributed by atoms with Crippen molar-refractivity contribution >= 4 is 33.9 Å². The van der Waals surface area contributed by atoms with Gasteiger partial charge in [-0.15, -0.1) is 11.3 Å². The van der Waals surface area contributed by atoms with Crippen molar-refractivity contribution in [3.8, 4) is 21.8 Å². The van der Waals surface area contributed by atoms with Crippen molar-refractivity contribution in [2.75, 3.05) is 0 Å². The number of thiazole rings is 1. The summed E-state index contributed by atoms with van der Waals surface area (Å²) in [4.78, 5) is 16.8. The molecule has 2 aromatic heterocycles. The van der Waals surface area contributed by atoms with Gasteiger partial charge in [0, 0.05) is 21.4 Å². The fourth-order valence-electron chi connectivity index (χ4n) is 2.38. The molecule has 0 spiro atoms. The molecule has 4 rings (SSSR count). The smallest absolute Gasteiger partial charge is 0.346 e. The predicted octanol–water partition coefficient (Wildman–Crippen LogP) is 5.24. The lowest BCUT2D eigenvalue weighted by molar-refractivity contribution is 0.563. The minimum absolute atomic E-state index is 0.395. The molecule has 0 fully saturated rings. The molecular weight excluding hydrogens is 330 g/mol. The molecule has 0 saturated heterocycles. The molecule has 5 heteroatoms. The summed E-state index contributed by atoms with van der Waals surface area (Å²) in [5.41, 5.74) is 2.43. The second-order valence-electron chi connectivity index (χ2n) is 5.03. The first-order valence-electron chi connectivity index (χ1n) is 6.95. The summed E-state index contributed by atoms with van der Waals surface area (Å²) in [6.07, 6.45) is 0. The molecule has 0 aliphatic heterocycles. The zero-order valence-electron chi connectivity index (χ0n) is 11.8. The van der Waals surface area contributed by atoms with Crippen molar-refractivity contribution < 1.29 is 4.42 Å². The first-order chi connectivity index (χ1) is 11.2. The van der Waals surface area contributed by atoms with Crippen LogP contribution in [0.5, 0.6) is 0 Å². The third kappa shape index (κ3) is 2.67. The lowest BCUT2D eigenvalue weighted by Crippen LogP contribution is -2.02. The molecule has 0 aliphatic carbocycles. The van der Waals surface area contributed by atoms with E-state index in [0.29, 0.717) is 21.2 Å². The summed E-state index contributed by atoms with van der Waals surface area (Å²) in [7, 11) is 0. The third-order valence-corrected chi connectivity index (χ3v) is 4.61. The minimum Gasteiger partial charge on any atom is -0.422 e. The Balaban J connectivity index is 1.85. The van der Waals surface area contributed by atoms with Gasteiger partial charge < -0.3 is 4.42 Å². The molecule has 0 amide bonds. The van der Waals surface area contributed by atoms with E-state index in [4.69, 9.17) is 16.0 Å². The molecule has 0 aliphatic rings. The first-order valence-corrected chi connectivity index (χ1v) is 8.21. The van der Waals surface area contributed by atoms with Crippen molar-refractivity contribution in [2.45, 2.75) is 0 Å². The molecule has 0 saturated carbocycles. The Morgan fingerprint density at radius 3 is 2.70 bits per heavy atom. The van der Waals surface area contributed by atoms with E-state index in [2.05, 4.69) is 4.98 Å². The number of rotatable bonds is 2. The monoisotopic (exact) mass is 339 g/mol. The van der Waals surface area contributed by atoms with Crippen LogP contribution in [0.25, 0.3) is 32.8 Å². The van der Waals surface area contributed by atoms with Crippen molar-refractivity contribution in [3.63, 3.8) is 0 Å². The van der Waals surface area contributed by atoms with Crippen molar-refractivity contribution in [2.24, 2.45) is 0 Å². The highest BCUT2D eigenvalue weighted by atomic mass is 35.5. The number of halogens is 1. The van der Waals surface area contributed by atoms with E-state index < -0.39 is 5.63 Å². The molecule has 0 radical (unpaired) electrons. The summed E-state index contributed by atoms with van der Waals surface area (Å²) >= 11 is 7.43. The van der Waals surface area contributed by atoms with Crippen LogP contribution in [0.4, 0.5) is 0 Å². The van der Waals surface area contributed by atoms with Gasteiger partial charge in [-0.2, -0.15) is 0 Å². The normalized spacial score (nSPS) is 11.0. The van der Waals surface area contributed by atoms with Gasteiger partial charge in [-0.25, -0.2) is 9.78 Å². The largest absolute Gasteiger partial charge is 0.422 e.